The normalized spacial score (nSPS) is 11.4. The van der Waals surface area contributed by atoms with Crippen molar-refractivity contribution in [2.24, 2.45) is 0 Å². The van der Waals surface area contributed by atoms with E-state index in [9.17, 15) is 13.2 Å². The maximum Gasteiger partial charge on any atom is 0.416 e. The molecule has 0 saturated heterocycles. The summed E-state index contributed by atoms with van der Waals surface area (Å²) in [6.07, 6.45) is -2.87. The molecule has 13 heavy (non-hydrogen) atoms. The summed E-state index contributed by atoms with van der Waals surface area (Å²) in [4.78, 5) is 0. The summed E-state index contributed by atoms with van der Waals surface area (Å²) < 4.78 is 36.7. The second-order valence-electron chi connectivity index (χ2n) is 2.83. The number of benzene rings is 1. The monoisotopic (exact) mass is 186 g/mol. The Hall–Kier alpha value is -1.25. The van der Waals surface area contributed by atoms with E-state index >= 15 is 0 Å². The summed E-state index contributed by atoms with van der Waals surface area (Å²) in [5.41, 5.74) is 0.458. The lowest BCUT2D eigenvalue weighted by Crippen LogP contribution is -2.05. The summed E-state index contributed by atoms with van der Waals surface area (Å²) in [6, 6.07) is 3.86. The Morgan fingerprint density at radius 3 is 2.31 bits per heavy atom. The second kappa shape index (κ2) is 3.24. The fourth-order valence-electron chi connectivity index (χ4n) is 1.09. The van der Waals surface area contributed by atoms with E-state index in [0.717, 1.165) is 12.1 Å². The lowest BCUT2D eigenvalue weighted by atomic mass is 10.1. The number of aryl methyl sites for hydroxylation is 1. The topological polar surface area (TPSA) is 0 Å². The van der Waals surface area contributed by atoms with E-state index in [1.807, 2.05) is 0 Å². The van der Waals surface area contributed by atoms with Gasteiger partial charge in [-0.1, -0.05) is 18.7 Å². The highest BCUT2D eigenvalue weighted by atomic mass is 19.4. The van der Waals surface area contributed by atoms with Crippen molar-refractivity contribution in [1.29, 1.82) is 0 Å². The molecular weight excluding hydrogens is 177 g/mol. The van der Waals surface area contributed by atoms with Crippen LogP contribution in [0.25, 0.3) is 6.08 Å². The van der Waals surface area contributed by atoms with Gasteiger partial charge in [-0.3, -0.25) is 0 Å². The van der Waals surface area contributed by atoms with Crippen LogP contribution in [0.3, 0.4) is 0 Å². The van der Waals surface area contributed by atoms with Gasteiger partial charge in [0, 0.05) is 0 Å². The molecule has 0 atom stereocenters. The molecule has 1 rings (SSSR count). The number of alkyl halides is 3. The predicted molar refractivity (Wildman–Crippen MR) is 46.3 cm³/mol. The fraction of sp³-hybridized carbons (Fsp3) is 0.200. The molecule has 0 amide bonds. The molecule has 0 spiro atoms. The first-order valence-corrected chi connectivity index (χ1v) is 3.75. The second-order valence-corrected chi connectivity index (χ2v) is 2.83. The Labute approximate surface area is 74.7 Å². The summed E-state index contributed by atoms with van der Waals surface area (Å²) >= 11 is 0. The van der Waals surface area contributed by atoms with Crippen LogP contribution in [0.5, 0.6) is 0 Å². The standard InChI is InChI=1S/C10H9F3/c1-3-8-4-7(2)5-9(6-8)10(11,12)13/h3-6H,1H2,2H3. The zero-order valence-corrected chi connectivity index (χ0v) is 7.15. The molecule has 0 N–H and O–H groups in total. The third kappa shape index (κ3) is 2.34. The molecule has 0 fully saturated rings. The minimum atomic E-state index is -4.27. The minimum absolute atomic E-state index is 0.493. The highest BCUT2D eigenvalue weighted by Crippen LogP contribution is 2.30. The van der Waals surface area contributed by atoms with Gasteiger partial charge < -0.3 is 0 Å². The van der Waals surface area contributed by atoms with Crippen molar-refractivity contribution in [3.05, 3.63) is 41.5 Å². The van der Waals surface area contributed by atoms with Crippen LogP contribution >= 0.6 is 0 Å². The summed E-state index contributed by atoms with van der Waals surface area (Å²) in [5.74, 6) is 0. The zero-order valence-electron chi connectivity index (χ0n) is 7.15. The van der Waals surface area contributed by atoms with Crippen molar-refractivity contribution < 1.29 is 13.2 Å². The molecule has 0 aromatic heterocycles. The third-order valence-corrected chi connectivity index (χ3v) is 1.66. The van der Waals surface area contributed by atoms with Gasteiger partial charge in [0.1, 0.15) is 0 Å². The first-order valence-electron chi connectivity index (χ1n) is 3.75. The van der Waals surface area contributed by atoms with Gasteiger partial charge in [0.25, 0.3) is 0 Å². The lowest BCUT2D eigenvalue weighted by molar-refractivity contribution is -0.137. The van der Waals surface area contributed by atoms with Crippen molar-refractivity contribution in [1.82, 2.24) is 0 Å². The number of halogens is 3. The molecule has 0 unspecified atom stereocenters. The van der Waals surface area contributed by atoms with E-state index in [-0.39, 0.29) is 0 Å². The Morgan fingerprint density at radius 1 is 1.23 bits per heavy atom. The average molecular weight is 186 g/mol. The molecule has 0 aliphatic heterocycles. The highest BCUT2D eigenvalue weighted by molar-refractivity contribution is 5.50. The molecule has 0 saturated carbocycles. The Morgan fingerprint density at radius 2 is 1.85 bits per heavy atom. The van der Waals surface area contributed by atoms with Gasteiger partial charge in [-0.05, 0) is 30.2 Å². The van der Waals surface area contributed by atoms with Crippen LogP contribution in [0.15, 0.2) is 24.8 Å². The molecule has 1 aromatic carbocycles. The van der Waals surface area contributed by atoms with Gasteiger partial charge in [-0.15, -0.1) is 0 Å². The Kier molecular flexibility index (Phi) is 2.45. The molecule has 3 heteroatoms. The van der Waals surface area contributed by atoms with E-state index < -0.39 is 11.7 Å². The van der Waals surface area contributed by atoms with E-state index in [1.165, 1.54) is 6.08 Å². The van der Waals surface area contributed by atoms with Crippen LogP contribution in [0.4, 0.5) is 13.2 Å². The van der Waals surface area contributed by atoms with Crippen LogP contribution in [0.1, 0.15) is 16.7 Å². The maximum atomic E-state index is 12.2. The first kappa shape index (κ1) is 9.84. The molecule has 0 aliphatic rings. The minimum Gasteiger partial charge on any atom is -0.166 e. The van der Waals surface area contributed by atoms with Crippen LogP contribution in [-0.4, -0.2) is 0 Å². The molecular formula is C10H9F3. The maximum absolute atomic E-state index is 12.2. The number of hydrogen-bond acceptors (Lipinski definition) is 0. The molecule has 0 nitrogen and oxygen atoms in total. The van der Waals surface area contributed by atoms with E-state index in [1.54, 1.807) is 13.0 Å². The van der Waals surface area contributed by atoms with E-state index in [0.29, 0.717) is 11.1 Å². The van der Waals surface area contributed by atoms with E-state index in [4.69, 9.17) is 0 Å². The molecule has 1 aromatic rings. The molecule has 0 heterocycles. The predicted octanol–water partition coefficient (Wildman–Crippen LogP) is 3.66. The quantitative estimate of drug-likeness (QED) is 0.627. The first-order chi connectivity index (χ1) is 5.93. The molecule has 0 radical (unpaired) electrons. The van der Waals surface area contributed by atoms with Crippen molar-refractivity contribution in [3.63, 3.8) is 0 Å². The van der Waals surface area contributed by atoms with Crippen LogP contribution < -0.4 is 0 Å². The van der Waals surface area contributed by atoms with Crippen molar-refractivity contribution in [2.45, 2.75) is 13.1 Å². The van der Waals surface area contributed by atoms with Gasteiger partial charge in [0.05, 0.1) is 5.56 Å². The summed E-state index contributed by atoms with van der Waals surface area (Å²) in [5, 5.41) is 0. The van der Waals surface area contributed by atoms with Crippen molar-refractivity contribution in [2.75, 3.05) is 0 Å². The summed E-state index contributed by atoms with van der Waals surface area (Å²) in [6.45, 7) is 5.06. The van der Waals surface area contributed by atoms with Crippen LogP contribution in [-0.2, 0) is 6.18 Å². The Balaban J connectivity index is 3.24. The lowest BCUT2D eigenvalue weighted by Gasteiger charge is -2.08. The highest BCUT2D eigenvalue weighted by Gasteiger charge is 2.30. The van der Waals surface area contributed by atoms with Crippen LogP contribution in [0.2, 0.25) is 0 Å². The molecule has 70 valence electrons. The average Bonchev–Trinajstić information content (AvgIpc) is 2.01. The van der Waals surface area contributed by atoms with E-state index in [2.05, 4.69) is 6.58 Å². The Bertz CT molecular complexity index is 323. The largest absolute Gasteiger partial charge is 0.416 e. The smallest absolute Gasteiger partial charge is 0.166 e. The zero-order chi connectivity index (χ0) is 10.1. The molecule has 0 bridgehead atoms. The van der Waals surface area contributed by atoms with Gasteiger partial charge in [0.15, 0.2) is 0 Å². The summed E-state index contributed by atoms with van der Waals surface area (Å²) in [7, 11) is 0. The fourth-order valence-corrected chi connectivity index (χ4v) is 1.09. The SMILES string of the molecule is C=Cc1cc(C)cc(C(F)(F)F)c1. The van der Waals surface area contributed by atoms with Gasteiger partial charge in [-0.25, -0.2) is 0 Å². The van der Waals surface area contributed by atoms with Gasteiger partial charge >= 0.3 is 6.18 Å². The van der Waals surface area contributed by atoms with Crippen molar-refractivity contribution in [3.8, 4) is 0 Å². The number of hydrogen-bond donors (Lipinski definition) is 0. The number of rotatable bonds is 1. The van der Waals surface area contributed by atoms with Crippen LogP contribution in [0, 0.1) is 6.92 Å². The molecule has 0 aliphatic carbocycles. The van der Waals surface area contributed by atoms with Crippen molar-refractivity contribution >= 4 is 6.08 Å². The van der Waals surface area contributed by atoms with Gasteiger partial charge in [0.2, 0.25) is 0 Å². The third-order valence-electron chi connectivity index (χ3n) is 1.66. The van der Waals surface area contributed by atoms with Gasteiger partial charge in [-0.2, -0.15) is 13.2 Å².